The van der Waals surface area contributed by atoms with Crippen LogP contribution in [0.1, 0.15) is 23.6 Å². The standard InChI is InChI=1S/C19H19N3O/c1-14-5-4-6-16(11-14)7-8-17-9-10-18(20-12-17)22-19(23)15(2)13-21(22)3/h4-6,9-12,15H,13H2,1-3H3. The largest absolute Gasteiger partial charge is 0.273 e. The summed E-state index contributed by atoms with van der Waals surface area (Å²) in [5, 5.41) is 3.52. The number of aryl methyl sites for hydroxylation is 1. The molecule has 1 aliphatic heterocycles. The van der Waals surface area contributed by atoms with Gasteiger partial charge in [0.25, 0.3) is 0 Å². The molecule has 1 saturated heterocycles. The van der Waals surface area contributed by atoms with Crippen LogP contribution in [0, 0.1) is 24.7 Å². The number of rotatable bonds is 1. The van der Waals surface area contributed by atoms with Gasteiger partial charge >= 0.3 is 0 Å². The fourth-order valence-electron chi connectivity index (χ4n) is 2.67. The van der Waals surface area contributed by atoms with Gasteiger partial charge in [0.05, 0.1) is 5.92 Å². The van der Waals surface area contributed by atoms with E-state index < -0.39 is 0 Å². The Labute approximate surface area is 136 Å². The number of nitrogens with zero attached hydrogens (tertiary/aromatic N) is 3. The maximum atomic E-state index is 12.2. The third kappa shape index (κ3) is 3.25. The van der Waals surface area contributed by atoms with E-state index in [9.17, 15) is 4.79 Å². The predicted octanol–water partition coefficient (Wildman–Crippen LogP) is 2.62. The van der Waals surface area contributed by atoms with Gasteiger partial charge in [-0.05, 0) is 36.8 Å². The highest BCUT2D eigenvalue weighted by Gasteiger charge is 2.34. The van der Waals surface area contributed by atoms with E-state index in [4.69, 9.17) is 0 Å². The van der Waals surface area contributed by atoms with Crippen molar-refractivity contribution in [3.63, 3.8) is 0 Å². The van der Waals surface area contributed by atoms with E-state index in [1.54, 1.807) is 11.2 Å². The number of pyridine rings is 1. The summed E-state index contributed by atoms with van der Waals surface area (Å²) in [7, 11) is 1.90. The van der Waals surface area contributed by atoms with Crippen LogP contribution in [0.3, 0.4) is 0 Å². The SMILES string of the molecule is Cc1cccc(C#Cc2ccc(N3C(=O)C(C)CN3C)nc2)c1. The molecule has 0 radical (unpaired) electrons. The van der Waals surface area contributed by atoms with Gasteiger partial charge in [-0.1, -0.05) is 30.9 Å². The van der Waals surface area contributed by atoms with Gasteiger partial charge in [0, 0.05) is 30.9 Å². The van der Waals surface area contributed by atoms with Crippen molar-refractivity contribution in [2.24, 2.45) is 5.92 Å². The van der Waals surface area contributed by atoms with Crippen molar-refractivity contribution in [1.82, 2.24) is 9.99 Å². The van der Waals surface area contributed by atoms with Gasteiger partial charge in [-0.25, -0.2) is 15.0 Å². The van der Waals surface area contributed by atoms with Crippen molar-refractivity contribution in [3.8, 4) is 11.8 Å². The minimum Gasteiger partial charge on any atom is -0.273 e. The Hall–Kier alpha value is -2.64. The Kier molecular flexibility index (Phi) is 4.14. The molecule has 1 unspecified atom stereocenters. The number of hydrogen-bond acceptors (Lipinski definition) is 3. The molecule has 1 aromatic carbocycles. The van der Waals surface area contributed by atoms with Gasteiger partial charge in [-0.2, -0.15) is 0 Å². The van der Waals surface area contributed by atoms with Gasteiger partial charge in [0.1, 0.15) is 5.82 Å². The highest BCUT2D eigenvalue weighted by Crippen LogP contribution is 2.22. The van der Waals surface area contributed by atoms with Crippen molar-refractivity contribution >= 4 is 11.7 Å². The summed E-state index contributed by atoms with van der Waals surface area (Å²) in [6, 6.07) is 11.8. The van der Waals surface area contributed by atoms with Crippen molar-refractivity contribution < 1.29 is 4.79 Å². The maximum absolute atomic E-state index is 12.2. The number of aromatic nitrogens is 1. The Morgan fingerprint density at radius 1 is 1.17 bits per heavy atom. The molecule has 2 heterocycles. The lowest BCUT2D eigenvalue weighted by molar-refractivity contribution is -0.120. The number of anilines is 1. The van der Waals surface area contributed by atoms with Crippen LogP contribution in [0.5, 0.6) is 0 Å². The van der Waals surface area contributed by atoms with E-state index in [-0.39, 0.29) is 11.8 Å². The monoisotopic (exact) mass is 305 g/mol. The molecule has 0 N–H and O–H groups in total. The van der Waals surface area contributed by atoms with E-state index in [1.165, 1.54) is 5.56 Å². The normalized spacial score (nSPS) is 18.0. The van der Waals surface area contributed by atoms with E-state index in [0.29, 0.717) is 5.82 Å². The van der Waals surface area contributed by atoms with Gasteiger partial charge in [0.15, 0.2) is 0 Å². The number of hydrogen-bond donors (Lipinski definition) is 0. The highest BCUT2D eigenvalue weighted by molar-refractivity contribution is 5.95. The molecular formula is C19H19N3O. The predicted molar refractivity (Wildman–Crippen MR) is 90.7 cm³/mol. The lowest BCUT2D eigenvalue weighted by Gasteiger charge is -2.22. The first-order chi connectivity index (χ1) is 11.0. The zero-order chi connectivity index (χ0) is 16.4. The average molecular weight is 305 g/mol. The lowest BCUT2D eigenvalue weighted by atomic mass is 10.1. The second kappa shape index (κ2) is 6.23. The lowest BCUT2D eigenvalue weighted by Crippen LogP contribution is -2.36. The molecule has 0 bridgehead atoms. The molecule has 1 aromatic heterocycles. The first-order valence-electron chi connectivity index (χ1n) is 7.64. The molecule has 0 aliphatic carbocycles. The Morgan fingerprint density at radius 3 is 2.57 bits per heavy atom. The van der Waals surface area contributed by atoms with Crippen molar-refractivity contribution in [1.29, 1.82) is 0 Å². The van der Waals surface area contributed by atoms with Crippen LogP contribution in [-0.4, -0.2) is 29.5 Å². The molecule has 116 valence electrons. The number of hydrazine groups is 1. The zero-order valence-electron chi connectivity index (χ0n) is 13.6. The molecule has 2 aromatic rings. The minimum absolute atomic E-state index is 0.00240. The second-order valence-electron chi connectivity index (χ2n) is 5.92. The van der Waals surface area contributed by atoms with E-state index in [1.807, 2.05) is 62.3 Å². The van der Waals surface area contributed by atoms with E-state index in [0.717, 1.165) is 17.7 Å². The number of carbonyl (C=O) groups excluding carboxylic acids is 1. The summed E-state index contributed by atoms with van der Waals surface area (Å²) >= 11 is 0. The molecule has 4 heteroatoms. The number of benzene rings is 1. The number of amides is 1. The highest BCUT2D eigenvalue weighted by atomic mass is 16.2. The first-order valence-corrected chi connectivity index (χ1v) is 7.64. The summed E-state index contributed by atoms with van der Waals surface area (Å²) in [5.41, 5.74) is 3.00. The first kappa shape index (κ1) is 15.3. The molecular weight excluding hydrogens is 286 g/mol. The molecule has 1 amide bonds. The topological polar surface area (TPSA) is 36.4 Å². The van der Waals surface area contributed by atoms with E-state index >= 15 is 0 Å². The summed E-state index contributed by atoms with van der Waals surface area (Å²) in [6.45, 7) is 4.70. The molecule has 3 rings (SSSR count). The minimum atomic E-state index is 0.00240. The van der Waals surface area contributed by atoms with E-state index in [2.05, 4.69) is 16.8 Å². The zero-order valence-corrected chi connectivity index (χ0v) is 13.6. The van der Waals surface area contributed by atoms with Crippen LogP contribution < -0.4 is 5.01 Å². The summed E-state index contributed by atoms with van der Waals surface area (Å²) in [5.74, 6) is 6.97. The molecule has 0 saturated carbocycles. The Morgan fingerprint density at radius 2 is 1.96 bits per heavy atom. The summed E-state index contributed by atoms with van der Waals surface area (Å²) < 4.78 is 0. The van der Waals surface area contributed by atoms with Crippen LogP contribution in [0.2, 0.25) is 0 Å². The molecule has 1 atom stereocenters. The third-order valence-electron chi connectivity index (χ3n) is 3.84. The fourth-order valence-corrected chi connectivity index (χ4v) is 2.67. The Bertz CT molecular complexity index is 786. The second-order valence-corrected chi connectivity index (χ2v) is 5.92. The van der Waals surface area contributed by atoms with Gasteiger partial charge in [-0.15, -0.1) is 0 Å². The quantitative estimate of drug-likeness (QED) is 0.760. The molecule has 1 aliphatic rings. The van der Waals surface area contributed by atoms with Crippen molar-refractivity contribution in [3.05, 3.63) is 59.3 Å². The van der Waals surface area contributed by atoms with Crippen molar-refractivity contribution in [2.45, 2.75) is 13.8 Å². The van der Waals surface area contributed by atoms with Gasteiger partial charge < -0.3 is 0 Å². The van der Waals surface area contributed by atoms with Crippen LogP contribution in [0.15, 0.2) is 42.6 Å². The van der Waals surface area contributed by atoms with Crippen molar-refractivity contribution in [2.75, 3.05) is 18.6 Å². The fraction of sp³-hybridized carbons (Fsp3) is 0.263. The Balaban J connectivity index is 1.79. The van der Waals surface area contributed by atoms with Gasteiger partial charge in [-0.3, -0.25) is 4.79 Å². The summed E-state index contributed by atoms with van der Waals surface area (Å²) in [6.07, 6.45) is 1.71. The molecule has 1 fully saturated rings. The smallest absolute Gasteiger partial charge is 0.247 e. The van der Waals surface area contributed by atoms with Crippen LogP contribution in [0.25, 0.3) is 0 Å². The van der Waals surface area contributed by atoms with Crippen LogP contribution >= 0.6 is 0 Å². The maximum Gasteiger partial charge on any atom is 0.247 e. The summed E-state index contributed by atoms with van der Waals surface area (Å²) in [4.78, 5) is 16.5. The third-order valence-corrected chi connectivity index (χ3v) is 3.84. The van der Waals surface area contributed by atoms with Gasteiger partial charge in [0.2, 0.25) is 5.91 Å². The average Bonchev–Trinajstić information content (AvgIpc) is 2.79. The molecule has 23 heavy (non-hydrogen) atoms. The molecule has 4 nitrogen and oxygen atoms in total. The van der Waals surface area contributed by atoms with Crippen LogP contribution in [-0.2, 0) is 4.79 Å². The number of carbonyl (C=O) groups is 1. The van der Waals surface area contributed by atoms with Crippen LogP contribution in [0.4, 0.5) is 5.82 Å². The molecule has 0 spiro atoms.